The Morgan fingerprint density at radius 2 is 1.81 bits per heavy atom. The summed E-state index contributed by atoms with van der Waals surface area (Å²) in [4.78, 5) is 13.5. The third kappa shape index (κ3) is 5.19. The van der Waals surface area contributed by atoms with Crippen molar-refractivity contribution in [2.75, 3.05) is 17.7 Å². The van der Waals surface area contributed by atoms with Gasteiger partial charge in [0.1, 0.15) is 12.6 Å². The van der Waals surface area contributed by atoms with E-state index >= 15 is 0 Å². The van der Waals surface area contributed by atoms with Gasteiger partial charge in [-0.2, -0.15) is 4.68 Å². The second kappa shape index (κ2) is 10.4. The van der Waals surface area contributed by atoms with Gasteiger partial charge < -0.3 is 20.1 Å². The first-order chi connectivity index (χ1) is 17.9. The highest BCUT2D eigenvalue weighted by atomic mass is 79.9. The van der Waals surface area contributed by atoms with Crippen molar-refractivity contribution < 1.29 is 14.3 Å². The van der Waals surface area contributed by atoms with E-state index in [0.717, 1.165) is 21.2 Å². The van der Waals surface area contributed by atoms with Crippen LogP contribution < -0.4 is 20.1 Å². The van der Waals surface area contributed by atoms with Crippen LogP contribution in [0.25, 0.3) is 0 Å². The minimum Gasteiger partial charge on any atom is -0.493 e. The van der Waals surface area contributed by atoms with Gasteiger partial charge in [-0.05, 0) is 71.8 Å². The number of allylic oxidation sites excluding steroid dienone is 1. The largest absolute Gasteiger partial charge is 0.493 e. The molecule has 0 spiro atoms. The van der Waals surface area contributed by atoms with E-state index in [9.17, 15) is 4.79 Å². The molecule has 4 aromatic rings. The lowest BCUT2D eigenvalue weighted by Gasteiger charge is -2.28. The van der Waals surface area contributed by atoms with Crippen molar-refractivity contribution in [1.82, 2.24) is 20.2 Å². The number of carbonyl (C=O) groups is 1. The fraction of sp³-hybridized carbons (Fsp3) is 0.185. The summed E-state index contributed by atoms with van der Waals surface area (Å²) in [5.74, 6) is 1.32. The van der Waals surface area contributed by atoms with Crippen LogP contribution in [-0.2, 0) is 11.4 Å². The highest BCUT2D eigenvalue weighted by Crippen LogP contribution is 2.39. The number of amides is 1. The molecule has 2 heterocycles. The molecule has 0 fully saturated rings. The lowest BCUT2D eigenvalue weighted by molar-refractivity contribution is -0.113. The zero-order valence-electron chi connectivity index (χ0n) is 20.5. The Labute approximate surface area is 222 Å². The van der Waals surface area contributed by atoms with Crippen LogP contribution in [-0.4, -0.2) is 33.2 Å². The van der Waals surface area contributed by atoms with Crippen molar-refractivity contribution in [2.24, 2.45) is 0 Å². The zero-order valence-corrected chi connectivity index (χ0v) is 22.1. The Hall–Kier alpha value is -4.18. The van der Waals surface area contributed by atoms with Gasteiger partial charge in [-0.15, -0.1) is 0 Å². The van der Waals surface area contributed by atoms with Gasteiger partial charge in [0.25, 0.3) is 5.91 Å². The molecule has 2 N–H and O–H groups in total. The van der Waals surface area contributed by atoms with Gasteiger partial charge in [0, 0.05) is 15.9 Å². The lowest BCUT2D eigenvalue weighted by atomic mass is 9.94. The molecular formula is C27H25BrN6O3. The number of nitrogens with one attached hydrogen (secondary N) is 2. The third-order valence-corrected chi connectivity index (χ3v) is 6.61. The van der Waals surface area contributed by atoms with Crippen LogP contribution in [0.2, 0.25) is 0 Å². The molecule has 1 aliphatic heterocycles. The molecule has 0 aliphatic carbocycles. The standard InChI is InChI=1S/C27H25BrN6O3/c1-16-4-11-21(12-5-16)30-26(35)24-17(2)29-27-31-32-33-34(27)25(24)19-8-13-22(23(14-19)36-3)37-15-18-6-9-20(28)10-7-18/h4-14,25H,15H2,1-3H3,(H,30,35)(H,29,31,33). The number of methoxy groups -OCH3 is 1. The van der Waals surface area contributed by atoms with Gasteiger partial charge in [-0.3, -0.25) is 4.79 Å². The molecule has 1 aliphatic rings. The number of rotatable bonds is 7. The van der Waals surface area contributed by atoms with Crippen LogP contribution in [0.15, 0.2) is 82.5 Å². The molecule has 188 valence electrons. The summed E-state index contributed by atoms with van der Waals surface area (Å²) in [5.41, 5.74) is 4.76. The first-order valence-corrected chi connectivity index (χ1v) is 12.4. The molecule has 0 bridgehead atoms. The van der Waals surface area contributed by atoms with Crippen molar-refractivity contribution in [3.63, 3.8) is 0 Å². The molecule has 0 saturated heterocycles. The molecular weight excluding hydrogens is 536 g/mol. The minimum atomic E-state index is -0.578. The van der Waals surface area contributed by atoms with E-state index in [-0.39, 0.29) is 5.91 Å². The molecule has 0 radical (unpaired) electrons. The van der Waals surface area contributed by atoms with E-state index in [2.05, 4.69) is 42.1 Å². The second-order valence-electron chi connectivity index (χ2n) is 8.66. The number of hydrogen-bond acceptors (Lipinski definition) is 7. The summed E-state index contributed by atoms with van der Waals surface area (Å²) in [6.07, 6.45) is 0. The number of halogens is 1. The molecule has 37 heavy (non-hydrogen) atoms. The molecule has 1 aromatic heterocycles. The van der Waals surface area contributed by atoms with E-state index < -0.39 is 6.04 Å². The Morgan fingerprint density at radius 3 is 2.54 bits per heavy atom. The first-order valence-electron chi connectivity index (χ1n) is 11.6. The lowest BCUT2D eigenvalue weighted by Crippen LogP contribution is -2.31. The van der Waals surface area contributed by atoms with Gasteiger partial charge in [-0.25, -0.2) is 0 Å². The fourth-order valence-corrected chi connectivity index (χ4v) is 4.43. The van der Waals surface area contributed by atoms with E-state index in [1.165, 1.54) is 0 Å². The Kier molecular flexibility index (Phi) is 6.91. The van der Waals surface area contributed by atoms with Gasteiger partial charge in [0.15, 0.2) is 11.5 Å². The Balaban J connectivity index is 1.46. The first kappa shape index (κ1) is 24.5. The maximum Gasteiger partial charge on any atom is 0.255 e. The van der Waals surface area contributed by atoms with Crippen LogP contribution in [0, 0.1) is 6.92 Å². The Morgan fingerprint density at radius 1 is 1.05 bits per heavy atom. The van der Waals surface area contributed by atoms with Crippen molar-refractivity contribution in [2.45, 2.75) is 26.5 Å². The zero-order chi connectivity index (χ0) is 25.9. The molecule has 1 amide bonds. The number of tetrazole rings is 1. The predicted molar refractivity (Wildman–Crippen MR) is 144 cm³/mol. The van der Waals surface area contributed by atoms with Crippen LogP contribution in [0.1, 0.15) is 29.7 Å². The number of nitrogens with zero attached hydrogens (tertiary/aromatic N) is 4. The van der Waals surface area contributed by atoms with E-state index in [1.807, 2.05) is 80.6 Å². The molecule has 1 atom stereocenters. The summed E-state index contributed by atoms with van der Waals surface area (Å²) in [7, 11) is 1.59. The third-order valence-electron chi connectivity index (χ3n) is 6.08. The molecule has 5 rings (SSSR count). The Bertz CT molecular complexity index is 1460. The minimum absolute atomic E-state index is 0.255. The van der Waals surface area contributed by atoms with Crippen molar-refractivity contribution >= 4 is 33.5 Å². The second-order valence-corrected chi connectivity index (χ2v) is 9.57. The maximum atomic E-state index is 13.5. The van der Waals surface area contributed by atoms with Crippen molar-refractivity contribution in [3.05, 3.63) is 99.2 Å². The average Bonchev–Trinajstić information content (AvgIpc) is 3.37. The number of aromatic nitrogens is 4. The van der Waals surface area contributed by atoms with Crippen LogP contribution in [0.5, 0.6) is 11.5 Å². The quantitative estimate of drug-likeness (QED) is 0.317. The highest BCUT2D eigenvalue weighted by molar-refractivity contribution is 9.10. The monoisotopic (exact) mass is 560 g/mol. The molecule has 3 aromatic carbocycles. The van der Waals surface area contributed by atoms with Gasteiger partial charge in [0.05, 0.1) is 12.7 Å². The van der Waals surface area contributed by atoms with E-state index in [0.29, 0.717) is 41.0 Å². The van der Waals surface area contributed by atoms with E-state index in [1.54, 1.807) is 11.8 Å². The number of anilines is 2. The van der Waals surface area contributed by atoms with E-state index in [4.69, 9.17) is 9.47 Å². The summed E-state index contributed by atoms with van der Waals surface area (Å²) in [6.45, 7) is 4.22. The summed E-state index contributed by atoms with van der Waals surface area (Å²) < 4.78 is 14.3. The summed E-state index contributed by atoms with van der Waals surface area (Å²) in [5, 5.41) is 18.2. The maximum absolute atomic E-state index is 13.5. The SMILES string of the molecule is COc1cc(C2C(C(=O)Nc3ccc(C)cc3)=C(C)Nc3nnnn32)ccc1OCc1ccc(Br)cc1. The number of carbonyl (C=O) groups excluding carboxylic acids is 1. The highest BCUT2D eigenvalue weighted by Gasteiger charge is 2.34. The number of hydrogen-bond donors (Lipinski definition) is 2. The van der Waals surface area contributed by atoms with Gasteiger partial charge in [0.2, 0.25) is 5.95 Å². The van der Waals surface area contributed by atoms with Gasteiger partial charge in [-0.1, -0.05) is 56.9 Å². The summed E-state index contributed by atoms with van der Waals surface area (Å²) in [6, 6.07) is 20.6. The van der Waals surface area contributed by atoms with Crippen LogP contribution in [0.3, 0.4) is 0 Å². The molecule has 0 saturated carbocycles. The van der Waals surface area contributed by atoms with Crippen molar-refractivity contribution in [1.29, 1.82) is 0 Å². The topological polar surface area (TPSA) is 103 Å². The molecule has 10 heteroatoms. The smallest absolute Gasteiger partial charge is 0.255 e. The summed E-state index contributed by atoms with van der Waals surface area (Å²) >= 11 is 3.45. The molecule has 9 nitrogen and oxygen atoms in total. The van der Waals surface area contributed by atoms with Crippen LogP contribution >= 0.6 is 15.9 Å². The van der Waals surface area contributed by atoms with Gasteiger partial charge >= 0.3 is 0 Å². The van der Waals surface area contributed by atoms with Crippen LogP contribution in [0.4, 0.5) is 11.6 Å². The number of fused-ring (bicyclic) bond motifs is 1. The fourth-order valence-electron chi connectivity index (χ4n) is 4.17. The van der Waals surface area contributed by atoms with Crippen molar-refractivity contribution in [3.8, 4) is 11.5 Å². The average molecular weight is 561 g/mol. The molecule has 1 unspecified atom stereocenters. The normalized spacial score (nSPS) is 14.5. The number of aryl methyl sites for hydroxylation is 1. The number of benzene rings is 3. The number of ether oxygens (including phenoxy) is 2. The predicted octanol–water partition coefficient (Wildman–Crippen LogP) is 5.26.